The van der Waals surface area contributed by atoms with Crippen molar-refractivity contribution in [2.75, 3.05) is 19.6 Å². The molecule has 2 aliphatic rings. The fraction of sp³-hybridized carbons (Fsp3) is 0.400. The van der Waals surface area contributed by atoms with Crippen LogP contribution < -0.4 is 10.6 Å². The van der Waals surface area contributed by atoms with Gasteiger partial charge >= 0.3 is 6.03 Å². The van der Waals surface area contributed by atoms with Gasteiger partial charge in [-0.15, -0.1) is 0 Å². The molecule has 1 aromatic heterocycles. The third-order valence-corrected chi connectivity index (χ3v) is 7.95. The van der Waals surface area contributed by atoms with E-state index in [-0.39, 0.29) is 29.6 Å². The average molecular weight is 467 g/mol. The van der Waals surface area contributed by atoms with Crippen molar-refractivity contribution in [3.63, 3.8) is 0 Å². The second kappa shape index (κ2) is 8.41. The summed E-state index contributed by atoms with van der Waals surface area (Å²) >= 11 is 1.34. The van der Waals surface area contributed by atoms with Gasteiger partial charge in [-0.3, -0.25) is 4.79 Å². The maximum atomic E-state index is 13.5. The summed E-state index contributed by atoms with van der Waals surface area (Å²) < 4.78 is 19.0. The molecule has 172 valence electrons. The third-order valence-electron chi connectivity index (χ3n) is 7.13. The van der Waals surface area contributed by atoms with Crippen molar-refractivity contribution in [2.45, 2.75) is 38.1 Å². The standard InChI is InChI=1S/C25H27FN4O2S/c1-15(2)25(14-27-24(32)28-25)18-5-3-17(4-6-18)23(31)30-11-9-16(10-12-30)22-20-8-7-19(26)13-21(20)33-29-22/h3-8,13,15-16H,9-12,14H2,1-2H3,(H2,27,28,32)/t25-/m1/s1. The maximum Gasteiger partial charge on any atom is 0.315 e. The number of nitrogens with zero attached hydrogens (tertiary/aromatic N) is 2. The van der Waals surface area contributed by atoms with Crippen LogP contribution in [0.5, 0.6) is 0 Å². The molecule has 6 nitrogen and oxygen atoms in total. The van der Waals surface area contributed by atoms with E-state index in [9.17, 15) is 14.0 Å². The van der Waals surface area contributed by atoms with Crippen molar-refractivity contribution in [3.05, 3.63) is 65.1 Å². The molecule has 2 fully saturated rings. The lowest BCUT2D eigenvalue weighted by molar-refractivity contribution is 0.0712. The molecular formula is C25H27FN4O2S. The lowest BCUT2D eigenvalue weighted by Crippen LogP contribution is -2.45. The van der Waals surface area contributed by atoms with E-state index in [2.05, 4.69) is 28.9 Å². The minimum absolute atomic E-state index is 0.0254. The number of benzene rings is 2. The summed E-state index contributed by atoms with van der Waals surface area (Å²) in [6, 6.07) is 12.3. The summed E-state index contributed by atoms with van der Waals surface area (Å²) in [5, 5.41) is 6.94. The third kappa shape index (κ3) is 3.86. The largest absolute Gasteiger partial charge is 0.339 e. The molecule has 8 heteroatoms. The monoisotopic (exact) mass is 466 g/mol. The summed E-state index contributed by atoms with van der Waals surface area (Å²) in [5.41, 5.74) is 2.22. The Labute approximate surface area is 196 Å². The van der Waals surface area contributed by atoms with Gasteiger partial charge in [-0.1, -0.05) is 26.0 Å². The highest BCUT2D eigenvalue weighted by atomic mass is 32.1. The number of piperidine rings is 1. The molecule has 2 saturated heterocycles. The summed E-state index contributed by atoms with van der Waals surface area (Å²) in [7, 11) is 0. The second-order valence-electron chi connectivity index (χ2n) is 9.29. The minimum Gasteiger partial charge on any atom is -0.339 e. The zero-order valence-electron chi connectivity index (χ0n) is 18.7. The smallest absolute Gasteiger partial charge is 0.315 e. The highest BCUT2D eigenvalue weighted by molar-refractivity contribution is 7.13. The minimum atomic E-state index is -0.462. The maximum absolute atomic E-state index is 13.5. The number of halogens is 1. The summed E-state index contributed by atoms with van der Waals surface area (Å²) in [6.45, 7) is 6.03. The van der Waals surface area contributed by atoms with Gasteiger partial charge < -0.3 is 15.5 Å². The van der Waals surface area contributed by atoms with Gasteiger partial charge in [-0.05, 0) is 66.2 Å². The number of fused-ring (bicyclic) bond motifs is 1. The average Bonchev–Trinajstić information content (AvgIpc) is 3.43. The Balaban J connectivity index is 1.27. The lowest BCUT2D eigenvalue weighted by atomic mass is 9.80. The zero-order valence-corrected chi connectivity index (χ0v) is 19.5. The van der Waals surface area contributed by atoms with E-state index in [0.717, 1.165) is 34.2 Å². The molecule has 0 saturated carbocycles. The highest BCUT2D eigenvalue weighted by Crippen LogP contribution is 2.35. The molecule has 5 rings (SSSR count). The molecule has 2 N–H and O–H groups in total. The van der Waals surface area contributed by atoms with Gasteiger partial charge in [0.05, 0.1) is 15.9 Å². The summed E-state index contributed by atoms with van der Waals surface area (Å²) in [5.74, 6) is 0.266. The highest BCUT2D eigenvalue weighted by Gasteiger charge is 2.42. The van der Waals surface area contributed by atoms with Gasteiger partial charge in [0.1, 0.15) is 5.82 Å². The predicted molar refractivity (Wildman–Crippen MR) is 127 cm³/mol. The van der Waals surface area contributed by atoms with E-state index in [4.69, 9.17) is 0 Å². The first-order valence-corrected chi connectivity index (χ1v) is 12.2. The van der Waals surface area contributed by atoms with Crippen molar-refractivity contribution in [2.24, 2.45) is 5.92 Å². The summed E-state index contributed by atoms with van der Waals surface area (Å²) in [6.07, 6.45) is 1.68. The van der Waals surface area contributed by atoms with Gasteiger partial charge in [0.25, 0.3) is 5.91 Å². The van der Waals surface area contributed by atoms with Crippen molar-refractivity contribution in [3.8, 4) is 0 Å². The fourth-order valence-corrected chi connectivity index (χ4v) is 5.92. The van der Waals surface area contributed by atoms with Crippen LogP contribution in [0.2, 0.25) is 0 Å². The van der Waals surface area contributed by atoms with E-state index in [0.29, 0.717) is 25.2 Å². The molecule has 0 radical (unpaired) electrons. The molecule has 2 aliphatic heterocycles. The Morgan fingerprint density at radius 1 is 1.18 bits per heavy atom. The molecule has 1 atom stereocenters. The molecule has 2 aromatic carbocycles. The van der Waals surface area contributed by atoms with Crippen LogP contribution in [0.1, 0.15) is 54.2 Å². The topological polar surface area (TPSA) is 74.3 Å². The number of hydrogen-bond acceptors (Lipinski definition) is 4. The Kier molecular flexibility index (Phi) is 5.56. The number of amides is 3. The van der Waals surface area contributed by atoms with E-state index < -0.39 is 5.54 Å². The van der Waals surface area contributed by atoms with Crippen LogP contribution in [0, 0.1) is 11.7 Å². The number of carbonyl (C=O) groups excluding carboxylic acids is 2. The van der Waals surface area contributed by atoms with Crippen LogP contribution in [0.15, 0.2) is 42.5 Å². The van der Waals surface area contributed by atoms with E-state index in [1.165, 1.54) is 23.7 Å². The number of hydrogen-bond donors (Lipinski definition) is 2. The van der Waals surface area contributed by atoms with Crippen molar-refractivity contribution >= 4 is 33.6 Å². The van der Waals surface area contributed by atoms with Gasteiger partial charge in [0, 0.05) is 36.5 Å². The number of aromatic nitrogens is 1. The first-order chi connectivity index (χ1) is 15.9. The molecular weight excluding hydrogens is 439 g/mol. The number of urea groups is 1. The molecule has 33 heavy (non-hydrogen) atoms. The normalized spacial score (nSPS) is 21.5. The lowest BCUT2D eigenvalue weighted by Gasteiger charge is -2.33. The van der Waals surface area contributed by atoms with E-state index in [1.807, 2.05) is 35.2 Å². The van der Waals surface area contributed by atoms with Crippen molar-refractivity contribution < 1.29 is 14.0 Å². The quantitative estimate of drug-likeness (QED) is 0.589. The Hall–Kier alpha value is -3.00. The molecule has 0 aliphatic carbocycles. The Bertz CT molecular complexity index is 1200. The van der Waals surface area contributed by atoms with E-state index >= 15 is 0 Å². The predicted octanol–water partition coefficient (Wildman–Crippen LogP) is 4.62. The van der Waals surface area contributed by atoms with Crippen LogP contribution in [-0.2, 0) is 5.54 Å². The fourth-order valence-electron chi connectivity index (χ4n) is 5.04. The van der Waals surface area contributed by atoms with Crippen LogP contribution in [0.3, 0.4) is 0 Å². The first kappa shape index (κ1) is 21.8. The van der Waals surface area contributed by atoms with Crippen LogP contribution in [0.4, 0.5) is 9.18 Å². The molecule has 3 heterocycles. The van der Waals surface area contributed by atoms with Gasteiger partial charge in [-0.2, -0.15) is 4.37 Å². The Morgan fingerprint density at radius 2 is 1.91 bits per heavy atom. The van der Waals surface area contributed by atoms with Crippen LogP contribution >= 0.6 is 11.5 Å². The van der Waals surface area contributed by atoms with Crippen molar-refractivity contribution in [1.82, 2.24) is 19.9 Å². The van der Waals surface area contributed by atoms with Crippen LogP contribution in [0.25, 0.3) is 10.1 Å². The number of nitrogens with one attached hydrogen (secondary N) is 2. The number of carbonyl (C=O) groups is 2. The van der Waals surface area contributed by atoms with Gasteiger partial charge in [0.15, 0.2) is 0 Å². The molecule has 3 amide bonds. The van der Waals surface area contributed by atoms with Gasteiger partial charge in [0.2, 0.25) is 0 Å². The van der Waals surface area contributed by atoms with Crippen molar-refractivity contribution in [1.29, 1.82) is 0 Å². The SMILES string of the molecule is CC(C)[C@@]1(c2ccc(C(=O)N3CCC(c4nsc5cc(F)ccc45)CC3)cc2)CNC(=O)N1. The van der Waals surface area contributed by atoms with E-state index in [1.54, 1.807) is 0 Å². The number of rotatable bonds is 4. The molecule has 0 bridgehead atoms. The molecule has 0 unspecified atom stereocenters. The van der Waals surface area contributed by atoms with Crippen LogP contribution in [-0.4, -0.2) is 40.8 Å². The molecule has 0 spiro atoms. The second-order valence-corrected chi connectivity index (χ2v) is 10.1. The molecule has 3 aromatic rings. The zero-order chi connectivity index (χ0) is 23.2. The Morgan fingerprint density at radius 3 is 2.55 bits per heavy atom. The summed E-state index contributed by atoms with van der Waals surface area (Å²) in [4.78, 5) is 26.8. The van der Waals surface area contributed by atoms with Gasteiger partial charge in [-0.25, -0.2) is 9.18 Å². The first-order valence-electron chi connectivity index (χ1n) is 11.4. The number of likely N-dealkylation sites (tertiary alicyclic amines) is 1.